The zero-order valence-electron chi connectivity index (χ0n) is 14.5. The molecule has 1 unspecified atom stereocenters. The van der Waals surface area contributed by atoms with Crippen LogP contribution in [0.3, 0.4) is 0 Å². The fraction of sp³-hybridized carbons (Fsp3) is 0.500. The summed E-state index contributed by atoms with van der Waals surface area (Å²) in [4.78, 5) is 34.6. The first kappa shape index (κ1) is 18.8. The molecular formula is C18H24N2O5. The largest absolute Gasteiger partial charge is 0.482 e. The Morgan fingerprint density at radius 2 is 1.96 bits per heavy atom. The van der Waals surface area contributed by atoms with E-state index in [0.29, 0.717) is 11.4 Å². The number of carboxylic acids is 1. The number of aliphatic carboxylic acids is 1. The van der Waals surface area contributed by atoms with Gasteiger partial charge in [0.15, 0.2) is 6.61 Å². The molecule has 136 valence electrons. The number of rotatable bonds is 7. The van der Waals surface area contributed by atoms with E-state index in [4.69, 9.17) is 9.84 Å². The van der Waals surface area contributed by atoms with Gasteiger partial charge in [-0.05, 0) is 49.4 Å². The van der Waals surface area contributed by atoms with Crippen molar-refractivity contribution in [2.75, 3.05) is 11.9 Å². The van der Waals surface area contributed by atoms with E-state index in [9.17, 15) is 14.4 Å². The lowest BCUT2D eigenvalue weighted by atomic mass is 9.97. The first-order chi connectivity index (χ1) is 11.9. The minimum Gasteiger partial charge on any atom is -0.482 e. The van der Waals surface area contributed by atoms with Crippen LogP contribution in [0.1, 0.15) is 38.2 Å². The number of carbonyl (C=O) groups excluding carboxylic acids is 2. The number of nitrogens with one attached hydrogen (secondary N) is 2. The highest BCUT2D eigenvalue weighted by molar-refractivity contribution is 5.97. The standard InChI is InChI=1S/C18H24N2O5/c1-11-9-14(25-10-16(22)23)7-8-15(11)20-18(24)17(19-12(2)21)13-5-3-4-6-13/h7-9,13,17H,3-6,10H2,1-2H3,(H,19,21)(H,20,24)(H,22,23). The monoisotopic (exact) mass is 348 g/mol. The molecule has 2 rings (SSSR count). The number of anilines is 1. The van der Waals surface area contributed by atoms with Crippen LogP contribution in [0.5, 0.6) is 5.75 Å². The first-order valence-electron chi connectivity index (χ1n) is 8.40. The maximum absolute atomic E-state index is 12.7. The number of hydrogen-bond donors (Lipinski definition) is 3. The van der Waals surface area contributed by atoms with Crippen LogP contribution in [0, 0.1) is 12.8 Å². The van der Waals surface area contributed by atoms with Crippen LogP contribution < -0.4 is 15.4 Å². The van der Waals surface area contributed by atoms with Crippen molar-refractivity contribution in [3.63, 3.8) is 0 Å². The molecule has 1 aromatic rings. The summed E-state index contributed by atoms with van der Waals surface area (Å²) in [7, 11) is 0. The summed E-state index contributed by atoms with van der Waals surface area (Å²) < 4.78 is 5.12. The number of amides is 2. The summed E-state index contributed by atoms with van der Waals surface area (Å²) in [5, 5.41) is 14.3. The topological polar surface area (TPSA) is 105 Å². The van der Waals surface area contributed by atoms with Crippen LogP contribution in [0.15, 0.2) is 18.2 Å². The number of ether oxygens (including phenoxy) is 1. The second-order valence-corrected chi connectivity index (χ2v) is 6.37. The minimum absolute atomic E-state index is 0.155. The third-order valence-corrected chi connectivity index (χ3v) is 4.33. The van der Waals surface area contributed by atoms with Gasteiger partial charge in [-0.25, -0.2) is 4.79 Å². The molecule has 0 aliphatic heterocycles. The fourth-order valence-corrected chi connectivity index (χ4v) is 3.13. The Hall–Kier alpha value is -2.57. The normalized spacial score (nSPS) is 15.4. The number of carbonyl (C=O) groups is 3. The van der Waals surface area contributed by atoms with Crippen LogP contribution in [0.2, 0.25) is 0 Å². The molecule has 0 saturated heterocycles. The van der Waals surface area contributed by atoms with Gasteiger partial charge in [-0.3, -0.25) is 9.59 Å². The Kier molecular flexibility index (Phi) is 6.38. The van der Waals surface area contributed by atoms with E-state index in [0.717, 1.165) is 31.2 Å². The molecule has 1 aliphatic carbocycles. The predicted octanol–water partition coefficient (Wildman–Crippen LogP) is 2.09. The lowest BCUT2D eigenvalue weighted by Gasteiger charge is -2.23. The Morgan fingerprint density at radius 1 is 1.28 bits per heavy atom. The van der Waals surface area contributed by atoms with Crippen LogP contribution in [-0.4, -0.2) is 35.5 Å². The smallest absolute Gasteiger partial charge is 0.341 e. The Morgan fingerprint density at radius 3 is 2.52 bits per heavy atom. The third-order valence-electron chi connectivity index (χ3n) is 4.33. The quantitative estimate of drug-likeness (QED) is 0.700. The van der Waals surface area contributed by atoms with Crippen LogP contribution >= 0.6 is 0 Å². The van der Waals surface area contributed by atoms with Crippen molar-refractivity contribution in [1.82, 2.24) is 5.32 Å². The number of hydrogen-bond acceptors (Lipinski definition) is 4. The maximum atomic E-state index is 12.7. The molecule has 0 radical (unpaired) electrons. The predicted molar refractivity (Wildman–Crippen MR) is 92.5 cm³/mol. The summed E-state index contributed by atoms with van der Waals surface area (Å²) >= 11 is 0. The molecule has 3 N–H and O–H groups in total. The zero-order chi connectivity index (χ0) is 18.4. The maximum Gasteiger partial charge on any atom is 0.341 e. The molecule has 1 fully saturated rings. The van der Waals surface area contributed by atoms with Crippen LogP contribution in [0.25, 0.3) is 0 Å². The average Bonchev–Trinajstić information content (AvgIpc) is 3.06. The van der Waals surface area contributed by atoms with Crippen molar-refractivity contribution in [1.29, 1.82) is 0 Å². The molecule has 7 nitrogen and oxygen atoms in total. The zero-order valence-corrected chi connectivity index (χ0v) is 14.5. The van der Waals surface area contributed by atoms with E-state index in [2.05, 4.69) is 10.6 Å². The van der Waals surface area contributed by atoms with Gasteiger partial charge in [0, 0.05) is 12.6 Å². The minimum atomic E-state index is -1.05. The second-order valence-electron chi connectivity index (χ2n) is 6.37. The summed E-state index contributed by atoms with van der Waals surface area (Å²) in [6.07, 6.45) is 4.00. The molecule has 7 heteroatoms. The second kappa shape index (κ2) is 8.50. The van der Waals surface area contributed by atoms with Gasteiger partial charge in [-0.2, -0.15) is 0 Å². The molecule has 1 aliphatic rings. The van der Waals surface area contributed by atoms with E-state index in [1.165, 1.54) is 6.92 Å². The number of benzene rings is 1. The van der Waals surface area contributed by atoms with Gasteiger partial charge in [0.1, 0.15) is 11.8 Å². The van der Waals surface area contributed by atoms with Crippen LogP contribution in [-0.2, 0) is 14.4 Å². The van der Waals surface area contributed by atoms with Crippen LogP contribution in [0.4, 0.5) is 5.69 Å². The molecule has 1 aromatic carbocycles. The van der Waals surface area contributed by atoms with E-state index in [1.807, 2.05) is 0 Å². The fourth-order valence-electron chi connectivity index (χ4n) is 3.13. The summed E-state index contributed by atoms with van der Waals surface area (Å²) in [6, 6.07) is 4.40. The van der Waals surface area contributed by atoms with Gasteiger partial charge >= 0.3 is 5.97 Å². The van der Waals surface area contributed by atoms with Crippen molar-refractivity contribution in [2.24, 2.45) is 5.92 Å². The molecule has 0 heterocycles. The van der Waals surface area contributed by atoms with Gasteiger partial charge < -0.3 is 20.5 Å². The van der Waals surface area contributed by atoms with Gasteiger partial charge in [0.25, 0.3) is 0 Å². The number of carboxylic acid groups (broad SMARTS) is 1. The van der Waals surface area contributed by atoms with Gasteiger partial charge in [-0.1, -0.05) is 12.8 Å². The van der Waals surface area contributed by atoms with Crippen molar-refractivity contribution in [3.8, 4) is 5.75 Å². The lowest BCUT2D eigenvalue weighted by Crippen LogP contribution is -2.47. The molecule has 0 bridgehead atoms. The highest BCUT2D eigenvalue weighted by Gasteiger charge is 2.31. The van der Waals surface area contributed by atoms with Crippen molar-refractivity contribution < 1.29 is 24.2 Å². The van der Waals surface area contributed by atoms with Crippen molar-refractivity contribution in [3.05, 3.63) is 23.8 Å². The van der Waals surface area contributed by atoms with Gasteiger partial charge in [0.2, 0.25) is 11.8 Å². The summed E-state index contributed by atoms with van der Waals surface area (Å²) in [6.45, 7) is 2.79. The third kappa shape index (κ3) is 5.48. The highest BCUT2D eigenvalue weighted by atomic mass is 16.5. The first-order valence-corrected chi connectivity index (χ1v) is 8.40. The Labute approximate surface area is 146 Å². The lowest BCUT2D eigenvalue weighted by molar-refractivity contribution is -0.139. The molecule has 1 saturated carbocycles. The molecular weight excluding hydrogens is 324 g/mol. The molecule has 0 aromatic heterocycles. The average molecular weight is 348 g/mol. The molecule has 1 atom stereocenters. The molecule has 25 heavy (non-hydrogen) atoms. The number of aryl methyl sites for hydroxylation is 1. The molecule has 2 amide bonds. The van der Waals surface area contributed by atoms with Gasteiger partial charge in [-0.15, -0.1) is 0 Å². The van der Waals surface area contributed by atoms with Crippen molar-refractivity contribution >= 4 is 23.5 Å². The molecule has 0 spiro atoms. The van der Waals surface area contributed by atoms with E-state index in [-0.39, 0.29) is 17.7 Å². The Balaban J connectivity index is 2.06. The van der Waals surface area contributed by atoms with E-state index in [1.54, 1.807) is 25.1 Å². The van der Waals surface area contributed by atoms with E-state index < -0.39 is 18.6 Å². The highest BCUT2D eigenvalue weighted by Crippen LogP contribution is 2.29. The van der Waals surface area contributed by atoms with E-state index >= 15 is 0 Å². The SMILES string of the molecule is CC(=O)NC(C(=O)Nc1ccc(OCC(=O)O)cc1C)C1CCCC1. The van der Waals surface area contributed by atoms with Crippen molar-refractivity contribution in [2.45, 2.75) is 45.6 Å². The summed E-state index contributed by atoms with van der Waals surface area (Å²) in [5.74, 6) is -0.926. The summed E-state index contributed by atoms with van der Waals surface area (Å²) in [5.41, 5.74) is 1.37. The Bertz CT molecular complexity index is 653. The van der Waals surface area contributed by atoms with Gasteiger partial charge in [0.05, 0.1) is 0 Å².